The lowest BCUT2D eigenvalue weighted by molar-refractivity contribution is -0.206. The SMILES string of the molecule is C[C@H]1[C@H](C)CC[C@]2(C(=O)O)CC[C@]3(C)C(=CCC4[C@@]5(C)CC[C@H](O)C(C)(C)[C@@H]5CC[C@]43C)[C@H]12. The molecule has 0 radical (unpaired) electrons. The summed E-state index contributed by atoms with van der Waals surface area (Å²) in [6.07, 6.45) is 11.6. The number of hydrogen-bond donors (Lipinski definition) is 2. The molecule has 0 aromatic carbocycles. The number of hydrogen-bond acceptors (Lipinski definition) is 2. The Balaban J connectivity index is 1.61. The van der Waals surface area contributed by atoms with E-state index in [0.29, 0.717) is 23.7 Å². The van der Waals surface area contributed by atoms with Gasteiger partial charge in [-0.3, -0.25) is 4.79 Å². The van der Waals surface area contributed by atoms with Gasteiger partial charge >= 0.3 is 5.97 Å². The van der Waals surface area contributed by atoms with Crippen LogP contribution >= 0.6 is 0 Å². The van der Waals surface area contributed by atoms with Crippen molar-refractivity contribution in [2.24, 2.45) is 56.7 Å². The van der Waals surface area contributed by atoms with Crippen molar-refractivity contribution in [3.8, 4) is 0 Å². The molecular formula is C30H48O3. The Hall–Kier alpha value is -0.830. The molecule has 0 spiro atoms. The average Bonchev–Trinajstić information content (AvgIpc) is 2.74. The van der Waals surface area contributed by atoms with E-state index in [9.17, 15) is 15.0 Å². The third-order valence-electron chi connectivity index (χ3n) is 13.4. The van der Waals surface area contributed by atoms with E-state index < -0.39 is 11.4 Å². The van der Waals surface area contributed by atoms with Crippen LogP contribution in [-0.2, 0) is 4.79 Å². The maximum absolute atomic E-state index is 12.8. The smallest absolute Gasteiger partial charge is 0.310 e. The van der Waals surface area contributed by atoms with Crippen LogP contribution in [0.5, 0.6) is 0 Å². The van der Waals surface area contributed by atoms with Gasteiger partial charge in [-0.2, -0.15) is 0 Å². The molecule has 1 unspecified atom stereocenters. The van der Waals surface area contributed by atoms with Gasteiger partial charge in [-0.15, -0.1) is 0 Å². The van der Waals surface area contributed by atoms with Crippen molar-refractivity contribution in [1.82, 2.24) is 0 Å². The van der Waals surface area contributed by atoms with Gasteiger partial charge in [0.25, 0.3) is 0 Å². The van der Waals surface area contributed by atoms with Crippen LogP contribution in [0.1, 0.15) is 106 Å². The van der Waals surface area contributed by atoms with Crippen molar-refractivity contribution in [2.75, 3.05) is 0 Å². The van der Waals surface area contributed by atoms with Gasteiger partial charge in [-0.25, -0.2) is 0 Å². The number of carboxylic acids is 1. The van der Waals surface area contributed by atoms with Gasteiger partial charge in [0.15, 0.2) is 0 Å². The van der Waals surface area contributed by atoms with Gasteiger partial charge < -0.3 is 10.2 Å². The largest absolute Gasteiger partial charge is 0.481 e. The van der Waals surface area contributed by atoms with Crippen molar-refractivity contribution in [1.29, 1.82) is 0 Å². The van der Waals surface area contributed by atoms with Gasteiger partial charge in [-0.05, 0) is 109 Å². The third kappa shape index (κ3) is 2.75. The first kappa shape index (κ1) is 23.9. The van der Waals surface area contributed by atoms with E-state index >= 15 is 0 Å². The Morgan fingerprint density at radius 1 is 0.909 bits per heavy atom. The van der Waals surface area contributed by atoms with Crippen molar-refractivity contribution in [3.05, 3.63) is 11.6 Å². The highest BCUT2D eigenvalue weighted by molar-refractivity contribution is 5.76. The molecule has 186 valence electrons. The fourth-order valence-corrected chi connectivity index (χ4v) is 10.8. The summed E-state index contributed by atoms with van der Waals surface area (Å²) in [4.78, 5) is 12.8. The Labute approximate surface area is 201 Å². The molecule has 2 N–H and O–H groups in total. The molecule has 5 rings (SSSR count). The van der Waals surface area contributed by atoms with Crippen molar-refractivity contribution < 1.29 is 15.0 Å². The highest BCUT2D eigenvalue weighted by atomic mass is 16.4. The molecule has 0 aromatic rings. The summed E-state index contributed by atoms with van der Waals surface area (Å²) in [6.45, 7) is 17.0. The molecule has 4 fully saturated rings. The lowest BCUT2D eigenvalue weighted by Crippen LogP contribution is -2.65. The number of carboxylic acid groups (broad SMARTS) is 1. The Morgan fingerprint density at radius 3 is 2.27 bits per heavy atom. The molecule has 5 aliphatic carbocycles. The average molecular weight is 457 g/mol. The summed E-state index contributed by atoms with van der Waals surface area (Å²) < 4.78 is 0. The van der Waals surface area contributed by atoms with E-state index in [4.69, 9.17) is 0 Å². The van der Waals surface area contributed by atoms with Gasteiger partial charge in [0.05, 0.1) is 11.5 Å². The zero-order valence-corrected chi connectivity index (χ0v) is 22.2. The molecule has 4 saturated carbocycles. The molecule has 3 heteroatoms. The van der Waals surface area contributed by atoms with Crippen LogP contribution in [0.2, 0.25) is 0 Å². The predicted molar refractivity (Wildman–Crippen MR) is 133 cm³/mol. The number of carbonyl (C=O) groups is 1. The number of allylic oxidation sites excluding steroid dienone is 2. The molecule has 0 saturated heterocycles. The van der Waals surface area contributed by atoms with Gasteiger partial charge in [0.2, 0.25) is 0 Å². The van der Waals surface area contributed by atoms with Crippen LogP contribution in [0.4, 0.5) is 0 Å². The lowest BCUT2D eigenvalue weighted by Gasteiger charge is -2.71. The fourth-order valence-electron chi connectivity index (χ4n) is 10.8. The van der Waals surface area contributed by atoms with Crippen molar-refractivity contribution in [3.63, 3.8) is 0 Å². The zero-order valence-electron chi connectivity index (χ0n) is 22.2. The minimum atomic E-state index is -0.557. The first-order valence-electron chi connectivity index (χ1n) is 13.9. The second kappa shape index (κ2) is 7.11. The molecule has 0 aliphatic heterocycles. The normalized spacial score (nSPS) is 55.3. The zero-order chi connectivity index (χ0) is 24.2. The second-order valence-corrected chi connectivity index (χ2v) is 14.5. The molecule has 5 aliphatic rings. The third-order valence-corrected chi connectivity index (χ3v) is 13.4. The maximum Gasteiger partial charge on any atom is 0.310 e. The number of aliphatic hydroxyl groups excluding tert-OH is 1. The molecule has 0 heterocycles. The summed E-state index contributed by atoms with van der Waals surface area (Å²) in [6, 6.07) is 0. The summed E-state index contributed by atoms with van der Waals surface area (Å²) in [7, 11) is 0. The van der Waals surface area contributed by atoms with Crippen LogP contribution in [0.25, 0.3) is 0 Å². The number of aliphatic carboxylic acids is 1. The molecule has 3 nitrogen and oxygen atoms in total. The standard InChI is InChI=1S/C30H48O3/c1-18-10-15-30(25(32)33)17-16-28(6)20(24(30)19(18)2)8-9-22-27(5)13-12-23(31)26(3,4)21(27)11-14-29(22,28)7/h8,18-19,21-24,31H,9-17H2,1-7H3,(H,32,33)/t18-,19+,21+,22?,23+,24+,27+,28-,29-,30+/m1/s1. The van der Waals surface area contributed by atoms with Crippen LogP contribution in [0.15, 0.2) is 11.6 Å². The highest BCUT2D eigenvalue weighted by Crippen LogP contribution is 2.75. The monoisotopic (exact) mass is 456 g/mol. The molecule has 0 amide bonds. The van der Waals surface area contributed by atoms with Crippen LogP contribution in [0.3, 0.4) is 0 Å². The molecule has 33 heavy (non-hydrogen) atoms. The van der Waals surface area contributed by atoms with Gasteiger partial charge in [0.1, 0.15) is 0 Å². The fraction of sp³-hybridized carbons (Fsp3) is 0.900. The summed E-state index contributed by atoms with van der Waals surface area (Å²) >= 11 is 0. The number of fused-ring (bicyclic) bond motifs is 7. The Morgan fingerprint density at radius 2 is 1.61 bits per heavy atom. The number of aliphatic hydroxyl groups is 1. The summed E-state index contributed by atoms with van der Waals surface area (Å²) in [5.41, 5.74) is 1.46. The Kier molecular flexibility index (Phi) is 5.15. The van der Waals surface area contributed by atoms with Crippen LogP contribution in [0, 0.1) is 56.7 Å². The quantitative estimate of drug-likeness (QED) is 0.414. The first-order valence-corrected chi connectivity index (χ1v) is 13.9. The van der Waals surface area contributed by atoms with E-state index in [1.165, 1.54) is 18.4 Å². The number of rotatable bonds is 1. The molecule has 10 atom stereocenters. The van der Waals surface area contributed by atoms with E-state index in [-0.39, 0.29) is 33.7 Å². The van der Waals surface area contributed by atoms with Crippen LogP contribution < -0.4 is 0 Å². The topological polar surface area (TPSA) is 57.5 Å². The van der Waals surface area contributed by atoms with Gasteiger partial charge in [0, 0.05) is 0 Å². The van der Waals surface area contributed by atoms with Crippen LogP contribution in [-0.4, -0.2) is 22.3 Å². The van der Waals surface area contributed by atoms with E-state index in [1.807, 2.05) is 0 Å². The minimum absolute atomic E-state index is 0.0302. The first-order chi connectivity index (χ1) is 15.3. The highest BCUT2D eigenvalue weighted by Gasteiger charge is 2.69. The van der Waals surface area contributed by atoms with Crippen molar-refractivity contribution in [2.45, 2.75) is 112 Å². The van der Waals surface area contributed by atoms with E-state index in [2.05, 4.69) is 54.5 Å². The predicted octanol–water partition coefficient (Wildman–Crippen LogP) is 7.09. The minimum Gasteiger partial charge on any atom is -0.481 e. The molecule has 0 aromatic heterocycles. The van der Waals surface area contributed by atoms with E-state index in [1.54, 1.807) is 0 Å². The molecular weight excluding hydrogens is 408 g/mol. The lowest BCUT2D eigenvalue weighted by atomic mass is 9.33. The second-order valence-electron chi connectivity index (χ2n) is 14.5. The van der Waals surface area contributed by atoms with E-state index in [0.717, 1.165) is 44.9 Å². The Bertz CT molecular complexity index is 874. The molecule has 0 bridgehead atoms. The van der Waals surface area contributed by atoms with Gasteiger partial charge in [-0.1, -0.05) is 60.1 Å². The maximum atomic E-state index is 12.8. The van der Waals surface area contributed by atoms with Crippen molar-refractivity contribution >= 4 is 5.97 Å². The summed E-state index contributed by atoms with van der Waals surface area (Å²) in [5.74, 6) is 1.82. The summed E-state index contributed by atoms with van der Waals surface area (Å²) in [5, 5.41) is 21.4.